The second-order valence-corrected chi connectivity index (χ2v) is 6.79. The van der Waals surface area contributed by atoms with Gasteiger partial charge in [-0.2, -0.15) is 13.2 Å². The first-order valence-corrected chi connectivity index (χ1v) is 9.16. The van der Waals surface area contributed by atoms with Gasteiger partial charge < -0.3 is 15.5 Å². The van der Waals surface area contributed by atoms with E-state index >= 15 is 0 Å². The van der Waals surface area contributed by atoms with Crippen LogP contribution in [0.2, 0.25) is 0 Å². The van der Waals surface area contributed by atoms with Gasteiger partial charge in [-0.3, -0.25) is 9.78 Å². The fourth-order valence-corrected chi connectivity index (χ4v) is 2.88. The molecule has 9 heteroatoms. The molecule has 0 fully saturated rings. The zero-order chi connectivity index (χ0) is 22.6. The van der Waals surface area contributed by atoms with Crippen LogP contribution in [-0.2, 0) is 13.2 Å². The molecule has 0 aliphatic rings. The van der Waals surface area contributed by atoms with Crippen molar-refractivity contribution in [2.75, 3.05) is 0 Å². The first-order valence-electron chi connectivity index (χ1n) is 9.16. The van der Waals surface area contributed by atoms with E-state index in [0.717, 1.165) is 18.3 Å². The number of nitrogens with zero attached hydrogens (tertiary/aromatic N) is 1. The van der Waals surface area contributed by atoms with Crippen molar-refractivity contribution >= 4 is 5.91 Å². The Morgan fingerprint density at radius 3 is 2.32 bits per heavy atom. The highest BCUT2D eigenvalue weighted by Crippen LogP contribution is 2.35. The van der Waals surface area contributed by atoms with E-state index in [1.54, 1.807) is 24.3 Å². The number of alkyl halides is 3. The number of rotatable bonds is 6. The van der Waals surface area contributed by atoms with Crippen LogP contribution in [-0.4, -0.2) is 27.3 Å². The van der Waals surface area contributed by atoms with Crippen LogP contribution < -0.4 is 5.32 Å². The summed E-state index contributed by atoms with van der Waals surface area (Å²) < 4.78 is 52.2. The number of halogens is 4. The average molecular weight is 434 g/mol. The topological polar surface area (TPSA) is 82.5 Å². The SMILES string of the molecule is O=C(NCc1ccc(F)cn1)c1cc(-c2ccc(CO)cc2)cc(C(O)C(F)(F)F)c1. The summed E-state index contributed by atoms with van der Waals surface area (Å²) in [5.74, 6) is -1.23. The summed E-state index contributed by atoms with van der Waals surface area (Å²) in [6, 6.07) is 12.4. The van der Waals surface area contributed by atoms with Crippen molar-refractivity contribution in [2.45, 2.75) is 25.4 Å². The van der Waals surface area contributed by atoms with Gasteiger partial charge in [0.05, 0.1) is 25.0 Å². The molecular formula is C22H18F4N2O3. The van der Waals surface area contributed by atoms with Crippen molar-refractivity contribution in [3.8, 4) is 11.1 Å². The van der Waals surface area contributed by atoms with E-state index in [1.165, 1.54) is 18.2 Å². The van der Waals surface area contributed by atoms with Gasteiger partial charge in [0, 0.05) is 5.56 Å². The number of hydrogen-bond donors (Lipinski definition) is 3. The lowest BCUT2D eigenvalue weighted by Crippen LogP contribution is -2.25. The van der Waals surface area contributed by atoms with Crippen LogP contribution in [0, 0.1) is 5.82 Å². The predicted molar refractivity (Wildman–Crippen MR) is 104 cm³/mol. The van der Waals surface area contributed by atoms with Crippen LogP contribution in [0.25, 0.3) is 11.1 Å². The summed E-state index contributed by atoms with van der Waals surface area (Å²) in [4.78, 5) is 16.4. The molecule has 2 aromatic carbocycles. The first-order chi connectivity index (χ1) is 14.7. The maximum atomic E-state index is 13.1. The highest BCUT2D eigenvalue weighted by Gasteiger charge is 2.39. The van der Waals surface area contributed by atoms with Gasteiger partial charge in [-0.15, -0.1) is 0 Å². The second-order valence-electron chi connectivity index (χ2n) is 6.79. The summed E-state index contributed by atoms with van der Waals surface area (Å²) in [6.07, 6.45) is -6.70. The molecular weight excluding hydrogens is 416 g/mol. The van der Waals surface area contributed by atoms with Gasteiger partial charge >= 0.3 is 6.18 Å². The number of carbonyl (C=O) groups excluding carboxylic acids is 1. The van der Waals surface area contributed by atoms with Crippen molar-refractivity contribution in [2.24, 2.45) is 0 Å². The summed E-state index contributed by atoms with van der Waals surface area (Å²) in [5.41, 5.74) is 1.18. The molecule has 1 atom stereocenters. The zero-order valence-electron chi connectivity index (χ0n) is 16.0. The summed E-state index contributed by atoms with van der Waals surface area (Å²) in [6.45, 7) is -0.260. The monoisotopic (exact) mass is 434 g/mol. The van der Waals surface area contributed by atoms with Gasteiger partial charge in [-0.25, -0.2) is 4.39 Å². The number of pyridine rings is 1. The van der Waals surface area contributed by atoms with Crippen LogP contribution in [0.1, 0.15) is 33.3 Å². The van der Waals surface area contributed by atoms with E-state index in [-0.39, 0.29) is 24.3 Å². The largest absolute Gasteiger partial charge is 0.418 e. The third-order valence-electron chi connectivity index (χ3n) is 4.53. The van der Waals surface area contributed by atoms with Crippen molar-refractivity contribution in [3.05, 3.63) is 89.0 Å². The Morgan fingerprint density at radius 1 is 1.03 bits per heavy atom. The van der Waals surface area contributed by atoms with Gasteiger partial charge in [0.1, 0.15) is 5.82 Å². The van der Waals surface area contributed by atoms with Gasteiger partial charge in [-0.1, -0.05) is 24.3 Å². The van der Waals surface area contributed by atoms with Crippen LogP contribution in [0.4, 0.5) is 17.6 Å². The molecule has 5 nitrogen and oxygen atoms in total. The molecule has 3 aromatic rings. The molecule has 0 aliphatic heterocycles. The van der Waals surface area contributed by atoms with E-state index in [1.807, 2.05) is 0 Å². The Morgan fingerprint density at radius 2 is 1.74 bits per heavy atom. The fraction of sp³-hybridized carbons (Fsp3) is 0.182. The standard InChI is InChI=1S/C22H18F4N2O3/c23-18-5-6-19(27-10-18)11-28-21(31)17-8-15(14-3-1-13(12-29)2-4-14)7-16(9-17)20(30)22(24,25)26/h1-10,20,29-30H,11-12H2,(H,28,31). The molecule has 1 heterocycles. The summed E-state index contributed by atoms with van der Waals surface area (Å²) >= 11 is 0. The van der Waals surface area contributed by atoms with E-state index in [0.29, 0.717) is 16.8 Å². The quantitative estimate of drug-likeness (QED) is 0.514. The van der Waals surface area contributed by atoms with Gasteiger partial charge in [0.25, 0.3) is 5.91 Å². The highest BCUT2D eigenvalue weighted by atomic mass is 19.4. The number of nitrogens with one attached hydrogen (secondary N) is 1. The Balaban J connectivity index is 1.93. The lowest BCUT2D eigenvalue weighted by atomic mass is 9.96. The first kappa shape index (κ1) is 22.4. The lowest BCUT2D eigenvalue weighted by molar-refractivity contribution is -0.206. The van der Waals surface area contributed by atoms with E-state index in [4.69, 9.17) is 5.11 Å². The number of hydrogen-bond acceptors (Lipinski definition) is 4. The fourth-order valence-electron chi connectivity index (χ4n) is 2.88. The molecule has 0 saturated carbocycles. The number of amides is 1. The molecule has 3 rings (SSSR count). The molecule has 0 radical (unpaired) electrons. The van der Waals surface area contributed by atoms with Crippen LogP contribution in [0.3, 0.4) is 0 Å². The molecule has 0 aliphatic carbocycles. The minimum absolute atomic E-state index is 0.0638. The third-order valence-corrected chi connectivity index (χ3v) is 4.53. The van der Waals surface area contributed by atoms with Crippen molar-refractivity contribution < 1.29 is 32.6 Å². The Labute approximate surface area is 175 Å². The third kappa shape index (κ3) is 5.65. The summed E-state index contributed by atoms with van der Waals surface area (Å²) in [5, 5.41) is 21.4. The van der Waals surface area contributed by atoms with Crippen LogP contribution in [0.5, 0.6) is 0 Å². The van der Waals surface area contributed by atoms with Crippen molar-refractivity contribution in [1.29, 1.82) is 0 Å². The Hall–Kier alpha value is -3.30. The number of aliphatic hydroxyl groups excluding tert-OH is 2. The smallest absolute Gasteiger partial charge is 0.392 e. The van der Waals surface area contributed by atoms with Crippen molar-refractivity contribution in [1.82, 2.24) is 10.3 Å². The minimum atomic E-state index is -4.91. The average Bonchev–Trinajstić information content (AvgIpc) is 2.77. The molecule has 31 heavy (non-hydrogen) atoms. The number of aromatic nitrogens is 1. The normalized spacial score (nSPS) is 12.5. The molecule has 162 valence electrons. The maximum Gasteiger partial charge on any atom is 0.418 e. The number of carbonyl (C=O) groups is 1. The number of benzene rings is 2. The van der Waals surface area contributed by atoms with Gasteiger partial charge in [-0.05, 0) is 52.6 Å². The minimum Gasteiger partial charge on any atom is -0.392 e. The molecule has 1 aromatic heterocycles. The van der Waals surface area contributed by atoms with E-state index in [9.17, 15) is 27.5 Å². The molecule has 0 spiro atoms. The van der Waals surface area contributed by atoms with E-state index < -0.39 is 29.6 Å². The molecule has 3 N–H and O–H groups in total. The molecule has 1 unspecified atom stereocenters. The number of aliphatic hydroxyl groups is 2. The maximum absolute atomic E-state index is 13.1. The Bertz CT molecular complexity index is 1050. The van der Waals surface area contributed by atoms with Gasteiger partial charge in [0.15, 0.2) is 6.10 Å². The summed E-state index contributed by atoms with van der Waals surface area (Å²) in [7, 11) is 0. The molecule has 1 amide bonds. The zero-order valence-corrected chi connectivity index (χ0v) is 16.0. The highest BCUT2D eigenvalue weighted by molar-refractivity contribution is 5.95. The second kappa shape index (κ2) is 9.23. The predicted octanol–water partition coefficient (Wildman–Crippen LogP) is 3.91. The molecule has 0 bridgehead atoms. The van der Waals surface area contributed by atoms with Crippen LogP contribution in [0.15, 0.2) is 60.8 Å². The van der Waals surface area contributed by atoms with E-state index in [2.05, 4.69) is 10.3 Å². The van der Waals surface area contributed by atoms with Crippen LogP contribution >= 0.6 is 0 Å². The van der Waals surface area contributed by atoms with Gasteiger partial charge in [0.2, 0.25) is 0 Å². The Kier molecular flexibility index (Phi) is 6.67. The molecule has 0 saturated heterocycles. The van der Waals surface area contributed by atoms with Crippen molar-refractivity contribution in [3.63, 3.8) is 0 Å². The lowest BCUT2D eigenvalue weighted by Gasteiger charge is -2.17.